The first-order valence-electron chi connectivity index (χ1n) is 11.2. The molecule has 2 heterocycles. The molecule has 3 amide bonds. The summed E-state index contributed by atoms with van der Waals surface area (Å²) >= 11 is 0. The van der Waals surface area contributed by atoms with Crippen molar-refractivity contribution in [3.8, 4) is 0 Å². The van der Waals surface area contributed by atoms with E-state index in [4.69, 9.17) is 10.5 Å². The number of likely N-dealkylation sites (N-methyl/N-ethyl adjacent to an activating group) is 1. The van der Waals surface area contributed by atoms with Crippen molar-refractivity contribution in [2.75, 3.05) is 55.1 Å². The Morgan fingerprint density at radius 2 is 1.71 bits per heavy atom. The van der Waals surface area contributed by atoms with E-state index in [-0.39, 0.29) is 24.6 Å². The lowest BCUT2D eigenvalue weighted by Gasteiger charge is -2.28. The largest absolute Gasteiger partial charge is 0.378 e. The minimum absolute atomic E-state index is 0.0134. The monoisotopic (exact) mass is 482 g/mol. The standard InChI is InChI=1S/C24H27FN6O4/c1-29(15-22(32)27-17-4-8-18(9-5-17)30-10-12-35-13-11-30)24(34)20-14-21(23(26)33)31(28-20)19-6-2-16(25)3-7-19/h2-9,21H,10-15H2,1H3,(H2,26,33)(H,27,32). The molecule has 2 aliphatic heterocycles. The van der Waals surface area contributed by atoms with Gasteiger partial charge in [-0.05, 0) is 48.5 Å². The molecule has 10 nitrogen and oxygen atoms in total. The fourth-order valence-corrected chi connectivity index (χ4v) is 3.98. The van der Waals surface area contributed by atoms with Gasteiger partial charge in [-0.15, -0.1) is 0 Å². The minimum Gasteiger partial charge on any atom is -0.378 e. The third-order valence-electron chi connectivity index (χ3n) is 5.83. The number of hydrogen-bond donors (Lipinski definition) is 2. The third kappa shape index (κ3) is 5.75. The van der Waals surface area contributed by atoms with E-state index < -0.39 is 23.7 Å². The van der Waals surface area contributed by atoms with Crippen LogP contribution in [0.2, 0.25) is 0 Å². The molecule has 1 unspecified atom stereocenters. The number of anilines is 3. The molecule has 1 saturated heterocycles. The highest BCUT2D eigenvalue weighted by molar-refractivity contribution is 6.40. The summed E-state index contributed by atoms with van der Waals surface area (Å²) in [7, 11) is 1.48. The molecular formula is C24H27FN6O4. The van der Waals surface area contributed by atoms with E-state index in [9.17, 15) is 18.8 Å². The third-order valence-corrected chi connectivity index (χ3v) is 5.83. The van der Waals surface area contributed by atoms with Gasteiger partial charge in [0.2, 0.25) is 11.8 Å². The lowest BCUT2D eigenvalue weighted by Crippen LogP contribution is -2.41. The van der Waals surface area contributed by atoms with Gasteiger partial charge in [0.25, 0.3) is 5.91 Å². The Kier molecular flexibility index (Phi) is 7.25. The number of amides is 3. The molecule has 35 heavy (non-hydrogen) atoms. The van der Waals surface area contributed by atoms with Gasteiger partial charge in [-0.2, -0.15) is 5.10 Å². The molecule has 2 aromatic carbocycles. The number of nitrogens with zero attached hydrogens (tertiary/aromatic N) is 4. The van der Waals surface area contributed by atoms with Crippen molar-refractivity contribution in [3.05, 3.63) is 54.3 Å². The van der Waals surface area contributed by atoms with Crippen LogP contribution in [0, 0.1) is 5.82 Å². The van der Waals surface area contributed by atoms with Gasteiger partial charge in [0.15, 0.2) is 0 Å². The predicted molar refractivity (Wildman–Crippen MR) is 130 cm³/mol. The van der Waals surface area contributed by atoms with Gasteiger partial charge < -0.3 is 25.6 Å². The normalized spacial score (nSPS) is 17.7. The van der Waals surface area contributed by atoms with Gasteiger partial charge in [-0.25, -0.2) is 4.39 Å². The van der Waals surface area contributed by atoms with Crippen LogP contribution in [0.1, 0.15) is 6.42 Å². The highest BCUT2D eigenvalue weighted by atomic mass is 19.1. The maximum atomic E-state index is 13.3. The number of rotatable bonds is 7. The summed E-state index contributed by atoms with van der Waals surface area (Å²) in [6.07, 6.45) is -0.0134. The van der Waals surface area contributed by atoms with Gasteiger partial charge in [0, 0.05) is 37.9 Å². The number of nitrogens with two attached hydrogens (primary N) is 1. The maximum absolute atomic E-state index is 13.3. The molecule has 3 N–H and O–H groups in total. The molecular weight excluding hydrogens is 455 g/mol. The number of morpholine rings is 1. The van der Waals surface area contributed by atoms with Crippen LogP contribution >= 0.6 is 0 Å². The minimum atomic E-state index is -0.883. The summed E-state index contributed by atoms with van der Waals surface area (Å²) in [5, 5.41) is 8.33. The van der Waals surface area contributed by atoms with Crippen LogP contribution in [0.4, 0.5) is 21.5 Å². The van der Waals surface area contributed by atoms with Crippen molar-refractivity contribution in [1.82, 2.24) is 4.90 Å². The fraction of sp³-hybridized carbons (Fsp3) is 0.333. The first-order chi connectivity index (χ1) is 16.8. The SMILES string of the molecule is CN(CC(=O)Nc1ccc(N2CCOCC2)cc1)C(=O)C1=NN(c2ccc(F)cc2)C(C(N)=O)C1. The van der Waals surface area contributed by atoms with E-state index >= 15 is 0 Å². The van der Waals surface area contributed by atoms with E-state index in [0.717, 1.165) is 18.8 Å². The van der Waals surface area contributed by atoms with Crippen molar-refractivity contribution in [2.24, 2.45) is 10.8 Å². The molecule has 0 bridgehead atoms. The highest BCUT2D eigenvalue weighted by Crippen LogP contribution is 2.25. The average molecular weight is 483 g/mol. The van der Waals surface area contributed by atoms with Crippen molar-refractivity contribution in [2.45, 2.75) is 12.5 Å². The first-order valence-corrected chi connectivity index (χ1v) is 11.2. The van der Waals surface area contributed by atoms with Crippen LogP contribution in [0.15, 0.2) is 53.6 Å². The maximum Gasteiger partial charge on any atom is 0.270 e. The van der Waals surface area contributed by atoms with Crippen LogP contribution in [-0.2, 0) is 19.1 Å². The van der Waals surface area contributed by atoms with Crippen LogP contribution in [0.25, 0.3) is 0 Å². The van der Waals surface area contributed by atoms with Crippen molar-refractivity contribution in [1.29, 1.82) is 0 Å². The smallest absolute Gasteiger partial charge is 0.270 e. The number of hydrogen-bond acceptors (Lipinski definition) is 7. The van der Waals surface area contributed by atoms with Crippen molar-refractivity contribution < 1.29 is 23.5 Å². The predicted octanol–water partition coefficient (Wildman–Crippen LogP) is 1.18. The van der Waals surface area contributed by atoms with Crippen LogP contribution < -0.4 is 21.0 Å². The van der Waals surface area contributed by atoms with Crippen LogP contribution in [0.5, 0.6) is 0 Å². The van der Waals surface area contributed by atoms with Gasteiger partial charge >= 0.3 is 0 Å². The second kappa shape index (κ2) is 10.5. The van der Waals surface area contributed by atoms with E-state index in [1.54, 1.807) is 0 Å². The Hall–Kier alpha value is -3.99. The van der Waals surface area contributed by atoms with Crippen molar-refractivity contribution in [3.63, 3.8) is 0 Å². The van der Waals surface area contributed by atoms with Gasteiger partial charge in [-0.3, -0.25) is 19.4 Å². The Morgan fingerprint density at radius 1 is 1.09 bits per heavy atom. The lowest BCUT2D eigenvalue weighted by molar-refractivity contribution is -0.127. The fourth-order valence-electron chi connectivity index (χ4n) is 3.98. The molecule has 4 rings (SSSR count). The first kappa shape index (κ1) is 24.1. The summed E-state index contributed by atoms with van der Waals surface area (Å²) in [4.78, 5) is 40.8. The zero-order valence-electron chi connectivity index (χ0n) is 19.3. The number of carbonyl (C=O) groups excluding carboxylic acids is 3. The number of carbonyl (C=O) groups is 3. The zero-order chi connectivity index (χ0) is 24.9. The molecule has 0 aliphatic carbocycles. The van der Waals surface area contributed by atoms with E-state index in [2.05, 4.69) is 15.3 Å². The number of ether oxygens (including phenoxy) is 1. The molecule has 0 radical (unpaired) electrons. The Balaban J connectivity index is 1.36. The molecule has 0 saturated carbocycles. The van der Waals surface area contributed by atoms with E-state index in [1.807, 2.05) is 24.3 Å². The highest BCUT2D eigenvalue weighted by Gasteiger charge is 2.36. The lowest BCUT2D eigenvalue weighted by atomic mass is 10.1. The summed E-state index contributed by atoms with van der Waals surface area (Å²) < 4.78 is 18.6. The van der Waals surface area contributed by atoms with E-state index in [1.165, 1.54) is 41.2 Å². The van der Waals surface area contributed by atoms with Gasteiger partial charge in [0.05, 0.1) is 25.4 Å². The second-order valence-corrected chi connectivity index (χ2v) is 8.35. The molecule has 0 spiro atoms. The van der Waals surface area contributed by atoms with Gasteiger partial charge in [-0.1, -0.05) is 0 Å². The number of primary amides is 1. The number of hydrazone groups is 1. The Morgan fingerprint density at radius 3 is 2.34 bits per heavy atom. The van der Waals surface area contributed by atoms with Crippen LogP contribution in [0.3, 0.4) is 0 Å². The molecule has 2 aliphatic rings. The van der Waals surface area contributed by atoms with Gasteiger partial charge in [0.1, 0.15) is 17.6 Å². The van der Waals surface area contributed by atoms with Crippen LogP contribution in [-0.4, -0.2) is 74.3 Å². The molecule has 0 aromatic heterocycles. The molecule has 11 heteroatoms. The average Bonchev–Trinajstić information content (AvgIpc) is 3.31. The zero-order valence-corrected chi connectivity index (χ0v) is 19.3. The number of benzene rings is 2. The quantitative estimate of drug-likeness (QED) is 0.612. The topological polar surface area (TPSA) is 121 Å². The summed E-state index contributed by atoms with van der Waals surface area (Å²) in [6, 6.07) is 11.9. The molecule has 2 aromatic rings. The Labute approximate surface area is 202 Å². The summed E-state index contributed by atoms with van der Waals surface area (Å²) in [5.74, 6) is -1.98. The molecule has 1 atom stereocenters. The molecule has 1 fully saturated rings. The summed E-state index contributed by atoms with van der Waals surface area (Å²) in [6.45, 7) is 2.80. The second-order valence-electron chi connectivity index (χ2n) is 8.35. The van der Waals surface area contributed by atoms with E-state index in [0.29, 0.717) is 24.6 Å². The Bertz CT molecular complexity index is 1120. The summed E-state index contributed by atoms with van der Waals surface area (Å²) in [5.41, 5.74) is 7.67. The number of nitrogens with one attached hydrogen (secondary N) is 1. The number of halogens is 1. The molecule has 184 valence electrons. The van der Waals surface area contributed by atoms with Crippen molar-refractivity contribution >= 4 is 40.5 Å².